The Morgan fingerprint density at radius 3 is 2.74 bits per heavy atom. The first-order valence-electron chi connectivity index (χ1n) is 8.03. The Kier molecular flexibility index (Phi) is 5.43. The van der Waals surface area contributed by atoms with Gasteiger partial charge >= 0.3 is 5.97 Å². The zero-order chi connectivity index (χ0) is 19.7. The van der Waals surface area contributed by atoms with Crippen LogP contribution in [0.1, 0.15) is 18.2 Å². The predicted molar refractivity (Wildman–Crippen MR) is 103 cm³/mol. The number of methoxy groups -OCH3 is 1. The second kappa shape index (κ2) is 7.62. The summed E-state index contributed by atoms with van der Waals surface area (Å²) in [6.07, 6.45) is 1.48. The van der Waals surface area contributed by atoms with Gasteiger partial charge < -0.3 is 9.15 Å². The van der Waals surface area contributed by atoms with Gasteiger partial charge in [0.2, 0.25) is 0 Å². The first kappa shape index (κ1) is 19.3. The standard InChI is InChI=1S/C19H16ClNO5S/c1-10-4-5-12(20)8-14(10)15-7-6-13(26-15)9-16-17(22)21(19(24)27-16)11(2)18(23)25-3/h4-9,11H,1-3H3/b16-9-/t11-/m0/s1. The van der Waals surface area contributed by atoms with Gasteiger partial charge in [-0.2, -0.15) is 0 Å². The van der Waals surface area contributed by atoms with Crippen molar-refractivity contribution >= 4 is 46.6 Å². The smallest absolute Gasteiger partial charge is 0.328 e. The summed E-state index contributed by atoms with van der Waals surface area (Å²) in [6, 6.07) is 7.96. The molecular weight excluding hydrogens is 390 g/mol. The van der Waals surface area contributed by atoms with Crippen molar-refractivity contribution in [2.24, 2.45) is 0 Å². The van der Waals surface area contributed by atoms with Crippen LogP contribution in [0.3, 0.4) is 0 Å². The molecule has 0 saturated carbocycles. The van der Waals surface area contributed by atoms with Gasteiger partial charge in [-0.1, -0.05) is 17.7 Å². The van der Waals surface area contributed by atoms with E-state index in [0.29, 0.717) is 16.5 Å². The van der Waals surface area contributed by atoms with Crippen LogP contribution in [0.5, 0.6) is 0 Å². The number of halogens is 1. The van der Waals surface area contributed by atoms with Crippen LogP contribution < -0.4 is 0 Å². The van der Waals surface area contributed by atoms with E-state index in [0.717, 1.165) is 27.8 Å². The van der Waals surface area contributed by atoms with Crippen molar-refractivity contribution in [1.29, 1.82) is 0 Å². The number of benzene rings is 1. The van der Waals surface area contributed by atoms with Crippen molar-refractivity contribution < 1.29 is 23.5 Å². The molecule has 1 aromatic carbocycles. The number of nitrogens with zero attached hydrogens (tertiary/aromatic N) is 1. The monoisotopic (exact) mass is 405 g/mol. The van der Waals surface area contributed by atoms with E-state index in [1.54, 1.807) is 24.3 Å². The number of hydrogen-bond donors (Lipinski definition) is 0. The number of carbonyl (C=O) groups is 3. The highest BCUT2D eigenvalue weighted by Crippen LogP contribution is 2.35. The quantitative estimate of drug-likeness (QED) is 0.550. The van der Waals surface area contributed by atoms with Crippen molar-refractivity contribution in [3.63, 3.8) is 0 Å². The van der Waals surface area contributed by atoms with Crippen LogP contribution in [0.2, 0.25) is 5.02 Å². The number of imide groups is 1. The zero-order valence-corrected chi connectivity index (χ0v) is 16.4. The number of rotatable bonds is 4. The number of carbonyl (C=O) groups excluding carboxylic acids is 3. The molecule has 3 rings (SSSR count). The molecule has 1 atom stereocenters. The molecule has 0 bridgehead atoms. The minimum absolute atomic E-state index is 0.180. The fraction of sp³-hybridized carbons (Fsp3) is 0.211. The number of furan rings is 1. The lowest BCUT2D eigenvalue weighted by Crippen LogP contribution is -2.42. The van der Waals surface area contributed by atoms with E-state index < -0.39 is 23.2 Å². The van der Waals surface area contributed by atoms with E-state index in [1.165, 1.54) is 20.1 Å². The van der Waals surface area contributed by atoms with E-state index in [-0.39, 0.29) is 4.91 Å². The second-order valence-electron chi connectivity index (χ2n) is 5.91. The van der Waals surface area contributed by atoms with Gasteiger partial charge in [0, 0.05) is 16.7 Å². The molecule has 6 nitrogen and oxygen atoms in total. The third-order valence-electron chi connectivity index (χ3n) is 4.12. The summed E-state index contributed by atoms with van der Waals surface area (Å²) in [5.41, 5.74) is 1.84. The van der Waals surface area contributed by atoms with Gasteiger partial charge in [-0.3, -0.25) is 14.5 Å². The average molecular weight is 406 g/mol. The Morgan fingerprint density at radius 1 is 1.30 bits per heavy atom. The normalized spacial score (nSPS) is 16.9. The number of amides is 2. The Labute approximate surface area is 165 Å². The molecule has 1 aliphatic rings. The Hall–Kier alpha value is -2.51. The maximum Gasteiger partial charge on any atom is 0.328 e. The molecule has 0 unspecified atom stereocenters. The van der Waals surface area contributed by atoms with Crippen LogP contribution in [0.25, 0.3) is 17.4 Å². The first-order chi connectivity index (χ1) is 12.8. The summed E-state index contributed by atoms with van der Waals surface area (Å²) in [5, 5.41) is 0.0630. The lowest BCUT2D eigenvalue weighted by Gasteiger charge is -2.18. The summed E-state index contributed by atoms with van der Waals surface area (Å²) in [4.78, 5) is 37.3. The SMILES string of the molecule is COC(=O)[C@H](C)N1C(=O)S/C(=C\c2ccc(-c3cc(Cl)ccc3C)o2)C1=O. The summed E-state index contributed by atoms with van der Waals surface area (Å²) < 4.78 is 10.4. The second-order valence-corrected chi connectivity index (χ2v) is 7.34. The Bertz CT molecular complexity index is 965. The molecule has 1 aromatic heterocycles. The summed E-state index contributed by atoms with van der Waals surface area (Å²) in [6.45, 7) is 3.38. The molecule has 0 radical (unpaired) electrons. The molecule has 0 aliphatic carbocycles. The maximum atomic E-state index is 12.5. The lowest BCUT2D eigenvalue weighted by molar-refractivity contribution is -0.148. The molecule has 0 N–H and O–H groups in total. The average Bonchev–Trinajstić information content (AvgIpc) is 3.20. The lowest BCUT2D eigenvalue weighted by atomic mass is 10.1. The molecule has 2 heterocycles. The topological polar surface area (TPSA) is 76.8 Å². The van der Waals surface area contributed by atoms with Gasteiger partial charge in [-0.15, -0.1) is 0 Å². The number of hydrogen-bond acceptors (Lipinski definition) is 6. The van der Waals surface area contributed by atoms with Crippen LogP contribution in [0.15, 0.2) is 39.7 Å². The van der Waals surface area contributed by atoms with E-state index in [9.17, 15) is 14.4 Å². The van der Waals surface area contributed by atoms with Crippen LogP contribution in [-0.2, 0) is 14.3 Å². The largest absolute Gasteiger partial charge is 0.467 e. The Balaban J connectivity index is 1.87. The van der Waals surface area contributed by atoms with Crippen molar-refractivity contribution in [3.8, 4) is 11.3 Å². The fourth-order valence-electron chi connectivity index (χ4n) is 2.65. The molecule has 1 fully saturated rings. The van der Waals surface area contributed by atoms with Crippen LogP contribution in [-0.4, -0.2) is 35.2 Å². The highest BCUT2D eigenvalue weighted by Gasteiger charge is 2.41. The number of aryl methyl sites for hydroxylation is 1. The summed E-state index contributed by atoms with van der Waals surface area (Å²) >= 11 is 6.80. The van der Waals surface area contributed by atoms with Crippen LogP contribution in [0, 0.1) is 6.92 Å². The number of esters is 1. The summed E-state index contributed by atoms with van der Waals surface area (Å²) in [5.74, 6) is -0.195. The van der Waals surface area contributed by atoms with E-state index in [1.807, 2.05) is 13.0 Å². The molecule has 2 aromatic rings. The molecule has 27 heavy (non-hydrogen) atoms. The van der Waals surface area contributed by atoms with Gasteiger partial charge in [0.15, 0.2) is 0 Å². The van der Waals surface area contributed by atoms with Crippen LogP contribution >= 0.6 is 23.4 Å². The Morgan fingerprint density at radius 2 is 2.04 bits per heavy atom. The van der Waals surface area contributed by atoms with Crippen molar-refractivity contribution in [1.82, 2.24) is 4.90 Å². The predicted octanol–water partition coefficient (Wildman–Crippen LogP) is 4.51. The third-order valence-corrected chi connectivity index (χ3v) is 5.24. The maximum absolute atomic E-state index is 12.5. The van der Waals surface area contributed by atoms with E-state index in [4.69, 9.17) is 16.0 Å². The molecular formula is C19H16ClNO5S. The third kappa shape index (κ3) is 3.79. The van der Waals surface area contributed by atoms with Crippen molar-refractivity contribution in [3.05, 3.63) is 51.6 Å². The van der Waals surface area contributed by atoms with E-state index in [2.05, 4.69) is 4.74 Å². The highest BCUT2D eigenvalue weighted by molar-refractivity contribution is 8.18. The first-order valence-corrected chi connectivity index (χ1v) is 9.22. The van der Waals surface area contributed by atoms with Crippen molar-refractivity contribution in [2.45, 2.75) is 19.9 Å². The minimum atomic E-state index is -0.991. The van der Waals surface area contributed by atoms with Crippen molar-refractivity contribution in [2.75, 3.05) is 7.11 Å². The molecule has 0 spiro atoms. The van der Waals surface area contributed by atoms with Gasteiger partial charge in [-0.25, -0.2) is 4.79 Å². The molecule has 140 valence electrons. The number of thioether (sulfide) groups is 1. The van der Waals surface area contributed by atoms with Gasteiger partial charge in [0.1, 0.15) is 17.6 Å². The highest BCUT2D eigenvalue weighted by atomic mass is 35.5. The van der Waals surface area contributed by atoms with Crippen LogP contribution in [0.4, 0.5) is 4.79 Å². The number of ether oxygens (including phenoxy) is 1. The molecule has 1 saturated heterocycles. The zero-order valence-electron chi connectivity index (χ0n) is 14.8. The van der Waals surface area contributed by atoms with E-state index >= 15 is 0 Å². The molecule has 2 amide bonds. The van der Waals surface area contributed by atoms with Gasteiger partial charge in [0.25, 0.3) is 11.1 Å². The summed E-state index contributed by atoms with van der Waals surface area (Å²) in [7, 11) is 1.20. The molecule has 1 aliphatic heterocycles. The molecule has 8 heteroatoms. The fourth-order valence-corrected chi connectivity index (χ4v) is 3.71. The van der Waals surface area contributed by atoms with Gasteiger partial charge in [0.05, 0.1) is 12.0 Å². The van der Waals surface area contributed by atoms with Gasteiger partial charge in [-0.05, 0) is 55.4 Å². The minimum Gasteiger partial charge on any atom is -0.467 e.